The second-order valence-corrected chi connectivity index (χ2v) is 5.75. The number of nitrogen functional groups attached to an aromatic ring is 1. The van der Waals surface area contributed by atoms with Crippen molar-refractivity contribution in [3.05, 3.63) is 35.9 Å². The zero-order chi connectivity index (χ0) is 14.5. The molecule has 0 saturated carbocycles. The number of rotatable bonds is 5. The maximum absolute atomic E-state index is 12.3. The highest BCUT2D eigenvalue weighted by Crippen LogP contribution is 2.21. The smallest absolute Gasteiger partial charge is 0.235 e. The van der Waals surface area contributed by atoms with Gasteiger partial charge in [-0.25, -0.2) is 5.10 Å². The summed E-state index contributed by atoms with van der Waals surface area (Å²) in [5.74, 6) is 0.284. The average molecular weight is 291 g/mol. The van der Waals surface area contributed by atoms with E-state index in [1.165, 1.54) is 11.8 Å². The van der Waals surface area contributed by atoms with Crippen molar-refractivity contribution in [1.82, 2.24) is 20.1 Å². The largest absolute Gasteiger partial charge is 0.368 e. The highest BCUT2D eigenvalue weighted by molar-refractivity contribution is 8.00. The maximum Gasteiger partial charge on any atom is 0.235 e. The van der Waals surface area contributed by atoms with Crippen LogP contribution < -0.4 is 5.73 Å². The molecule has 1 heterocycles. The van der Waals surface area contributed by atoms with E-state index in [1.807, 2.05) is 37.3 Å². The SMILES string of the molecule is C[C@H](Sc1n[nH]c(N)n1)C(=O)N(C)Cc1ccccc1. The zero-order valence-corrected chi connectivity index (χ0v) is 12.2. The molecule has 1 aromatic heterocycles. The summed E-state index contributed by atoms with van der Waals surface area (Å²) in [6.45, 7) is 2.42. The molecule has 0 aliphatic carbocycles. The lowest BCUT2D eigenvalue weighted by Crippen LogP contribution is -2.32. The number of anilines is 1. The normalized spacial score (nSPS) is 12.1. The van der Waals surface area contributed by atoms with Crippen molar-refractivity contribution in [2.24, 2.45) is 0 Å². The van der Waals surface area contributed by atoms with Crippen molar-refractivity contribution in [3.63, 3.8) is 0 Å². The van der Waals surface area contributed by atoms with Gasteiger partial charge in [-0.05, 0) is 12.5 Å². The van der Waals surface area contributed by atoms with Crippen molar-refractivity contribution < 1.29 is 4.79 Å². The Labute approximate surface area is 121 Å². The molecule has 20 heavy (non-hydrogen) atoms. The van der Waals surface area contributed by atoms with Crippen molar-refractivity contribution in [2.75, 3.05) is 12.8 Å². The molecule has 7 heteroatoms. The Kier molecular flexibility index (Phi) is 4.62. The molecule has 1 atom stereocenters. The fraction of sp³-hybridized carbons (Fsp3) is 0.308. The number of nitrogens with zero attached hydrogens (tertiary/aromatic N) is 3. The van der Waals surface area contributed by atoms with Crippen LogP contribution >= 0.6 is 11.8 Å². The molecule has 0 unspecified atom stereocenters. The highest BCUT2D eigenvalue weighted by Gasteiger charge is 2.20. The lowest BCUT2D eigenvalue weighted by Gasteiger charge is -2.20. The quantitative estimate of drug-likeness (QED) is 0.816. The second-order valence-electron chi connectivity index (χ2n) is 4.44. The number of hydrogen-bond donors (Lipinski definition) is 2. The van der Waals surface area contributed by atoms with E-state index in [9.17, 15) is 4.79 Å². The Morgan fingerprint density at radius 3 is 2.75 bits per heavy atom. The first kappa shape index (κ1) is 14.4. The number of benzene rings is 1. The molecule has 0 radical (unpaired) electrons. The molecule has 0 aliphatic heterocycles. The number of nitrogens with one attached hydrogen (secondary N) is 1. The van der Waals surface area contributed by atoms with Gasteiger partial charge in [0, 0.05) is 13.6 Å². The van der Waals surface area contributed by atoms with Crippen LogP contribution in [0.5, 0.6) is 0 Å². The van der Waals surface area contributed by atoms with Crippen LogP contribution in [0.2, 0.25) is 0 Å². The molecule has 2 aromatic rings. The van der Waals surface area contributed by atoms with Crippen LogP contribution in [0.1, 0.15) is 12.5 Å². The fourth-order valence-corrected chi connectivity index (χ4v) is 2.61. The predicted octanol–water partition coefficient (Wildman–Crippen LogP) is 1.53. The van der Waals surface area contributed by atoms with Gasteiger partial charge in [0.05, 0.1) is 5.25 Å². The van der Waals surface area contributed by atoms with E-state index in [-0.39, 0.29) is 17.1 Å². The summed E-state index contributed by atoms with van der Waals surface area (Å²) >= 11 is 1.29. The van der Waals surface area contributed by atoms with Crippen molar-refractivity contribution >= 4 is 23.6 Å². The monoisotopic (exact) mass is 291 g/mol. The van der Waals surface area contributed by atoms with Gasteiger partial charge < -0.3 is 10.6 Å². The van der Waals surface area contributed by atoms with E-state index in [0.29, 0.717) is 11.7 Å². The first-order valence-electron chi connectivity index (χ1n) is 6.19. The molecule has 0 spiro atoms. The third-order valence-corrected chi connectivity index (χ3v) is 3.70. The van der Waals surface area contributed by atoms with Crippen LogP contribution in [-0.4, -0.2) is 38.3 Å². The van der Waals surface area contributed by atoms with E-state index in [2.05, 4.69) is 15.2 Å². The number of carbonyl (C=O) groups is 1. The van der Waals surface area contributed by atoms with Gasteiger partial charge in [0.2, 0.25) is 17.0 Å². The molecule has 1 amide bonds. The van der Waals surface area contributed by atoms with Crippen LogP contribution in [0.4, 0.5) is 5.95 Å². The van der Waals surface area contributed by atoms with Gasteiger partial charge in [-0.1, -0.05) is 42.1 Å². The minimum absolute atomic E-state index is 0.0298. The number of aromatic amines is 1. The van der Waals surface area contributed by atoms with Crippen LogP contribution in [0, 0.1) is 0 Å². The Morgan fingerprint density at radius 1 is 1.45 bits per heavy atom. The zero-order valence-electron chi connectivity index (χ0n) is 11.4. The van der Waals surface area contributed by atoms with Gasteiger partial charge in [-0.3, -0.25) is 4.79 Å². The summed E-state index contributed by atoms with van der Waals surface area (Å²) in [5.41, 5.74) is 6.55. The molecule has 2 rings (SSSR count). The topological polar surface area (TPSA) is 87.9 Å². The van der Waals surface area contributed by atoms with Gasteiger partial charge in [0.15, 0.2) is 0 Å². The van der Waals surface area contributed by atoms with Crippen molar-refractivity contribution in [1.29, 1.82) is 0 Å². The third kappa shape index (κ3) is 3.74. The Hall–Kier alpha value is -2.02. The molecule has 3 N–H and O–H groups in total. The lowest BCUT2D eigenvalue weighted by molar-refractivity contribution is -0.129. The Morgan fingerprint density at radius 2 is 2.15 bits per heavy atom. The minimum atomic E-state index is -0.265. The lowest BCUT2D eigenvalue weighted by atomic mass is 10.2. The van der Waals surface area contributed by atoms with Crippen LogP contribution in [0.15, 0.2) is 35.5 Å². The van der Waals surface area contributed by atoms with Gasteiger partial charge >= 0.3 is 0 Å². The van der Waals surface area contributed by atoms with Gasteiger partial charge in [-0.2, -0.15) is 4.98 Å². The molecule has 0 fully saturated rings. The van der Waals surface area contributed by atoms with Crippen LogP contribution in [0.3, 0.4) is 0 Å². The second kappa shape index (κ2) is 6.42. The summed E-state index contributed by atoms with van der Waals surface area (Å²) in [5, 5.41) is 6.68. The van der Waals surface area contributed by atoms with Crippen LogP contribution in [-0.2, 0) is 11.3 Å². The summed E-state index contributed by atoms with van der Waals surface area (Å²) in [6, 6.07) is 9.87. The Bertz CT molecular complexity index is 571. The fourth-order valence-electron chi connectivity index (χ4n) is 1.76. The summed E-state index contributed by atoms with van der Waals surface area (Å²) in [7, 11) is 1.79. The molecule has 0 bridgehead atoms. The number of thioether (sulfide) groups is 1. The van der Waals surface area contributed by atoms with Crippen molar-refractivity contribution in [2.45, 2.75) is 23.9 Å². The summed E-state index contributed by atoms with van der Waals surface area (Å²) < 4.78 is 0. The molecule has 0 saturated heterocycles. The van der Waals surface area contributed by atoms with Crippen LogP contribution in [0.25, 0.3) is 0 Å². The number of nitrogens with two attached hydrogens (primary N) is 1. The van der Waals surface area contributed by atoms with Gasteiger partial charge in [-0.15, -0.1) is 5.10 Å². The van der Waals surface area contributed by atoms with Crippen molar-refractivity contribution in [3.8, 4) is 0 Å². The average Bonchev–Trinajstić information content (AvgIpc) is 2.84. The molecular weight excluding hydrogens is 274 g/mol. The van der Waals surface area contributed by atoms with E-state index < -0.39 is 0 Å². The number of aromatic nitrogens is 3. The van der Waals surface area contributed by atoms with Gasteiger partial charge in [0.1, 0.15) is 0 Å². The standard InChI is InChI=1S/C13H17N5OS/c1-9(20-13-15-12(14)16-17-13)11(19)18(2)8-10-6-4-3-5-7-10/h3-7,9H,8H2,1-2H3,(H3,14,15,16,17)/t9-/m0/s1. The molecule has 0 aliphatic rings. The molecule has 1 aromatic carbocycles. The maximum atomic E-state index is 12.3. The molecular formula is C13H17N5OS. The van der Waals surface area contributed by atoms with E-state index in [0.717, 1.165) is 5.56 Å². The van der Waals surface area contributed by atoms with E-state index in [1.54, 1.807) is 11.9 Å². The summed E-state index contributed by atoms with van der Waals surface area (Å²) in [6.07, 6.45) is 0. The van der Waals surface area contributed by atoms with E-state index in [4.69, 9.17) is 5.73 Å². The molecule has 106 valence electrons. The number of hydrogen-bond acceptors (Lipinski definition) is 5. The molecule has 6 nitrogen and oxygen atoms in total. The third-order valence-electron chi connectivity index (χ3n) is 2.75. The van der Waals surface area contributed by atoms with E-state index >= 15 is 0 Å². The number of H-pyrrole nitrogens is 1. The highest BCUT2D eigenvalue weighted by atomic mass is 32.2. The first-order valence-corrected chi connectivity index (χ1v) is 7.07. The Balaban J connectivity index is 1.92. The number of carbonyl (C=O) groups excluding carboxylic acids is 1. The van der Waals surface area contributed by atoms with Gasteiger partial charge in [0.25, 0.3) is 0 Å². The summed E-state index contributed by atoms with van der Waals surface area (Å²) in [4.78, 5) is 17.9. The minimum Gasteiger partial charge on any atom is -0.368 e. The first-order chi connectivity index (χ1) is 9.56. The predicted molar refractivity (Wildman–Crippen MR) is 79.0 cm³/mol. The number of amides is 1.